The van der Waals surface area contributed by atoms with Gasteiger partial charge in [0.1, 0.15) is 11.4 Å². The number of aliphatic hydroxyl groups excluding tert-OH is 1. The second-order valence-electron chi connectivity index (χ2n) is 9.48. The van der Waals surface area contributed by atoms with E-state index in [1.165, 1.54) is 6.92 Å². The highest BCUT2D eigenvalue weighted by molar-refractivity contribution is 5.98. The Kier molecular flexibility index (Phi) is 7.38. The average molecular weight is 587 g/mol. The van der Waals surface area contributed by atoms with Crippen molar-refractivity contribution >= 4 is 23.2 Å². The van der Waals surface area contributed by atoms with Crippen molar-refractivity contribution in [1.82, 2.24) is 25.2 Å². The minimum absolute atomic E-state index is 0.0976. The topological polar surface area (TPSA) is 155 Å². The van der Waals surface area contributed by atoms with E-state index in [4.69, 9.17) is 5.11 Å². The molecule has 218 valence electrons. The Morgan fingerprint density at radius 2 is 1.86 bits per heavy atom. The van der Waals surface area contributed by atoms with Gasteiger partial charge in [-0.15, -0.1) is 8.78 Å². The Morgan fingerprint density at radius 1 is 1.10 bits per heavy atom. The summed E-state index contributed by atoms with van der Waals surface area (Å²) < 4.78 is 58.5. The quantitative estimate of drug-likeness (QED) is 0.139. The van der Waals surface area contributed by atoms with Gasteiger partial charge in [-0.1, -0.05) is 18.2 Å². The molecule has 5 rings (SSSR count). The maximum Gasteiger partial charge on any atom is 0.532 e. The van der Waals surface area contributed by atoms with Crippen LogP contribution in [-0.4, -0.2) is 54.8 Å². The molecule has 0 aliphatic heterocycles. The highest BCUT2D eigenvalue weighted by atomic mass is 19.3. The van der Waals surface area contributed by atoms with E-state index < -0.39 is 59.0 Å². The van der Waals surface area contributed by atoms with E-state index in [0.717, 1.165) is 35.0 Å². The monoisotopic (exact) mass is 587 g/mol. The number of nitrogens with one attached hydrogen (secondary N) is 2. The number of aliphatic hydroxyl groups is 2. The van der Waals surface area contributed by atoms with E-state index in [1.54, 1.807) is 18.2 Å². The molecule has 0 unspecified atom stereocenters. The molecule has 11 nitrogen and oxygen atoms in total. The first kappa shape index (κ1) is 28.6. The van der Waals surface area contributed by atoms with E-state index in [-0.39, 0.29) is 30.0 Å². The third-order valence-electron chi connectivity index (χ3n) is 6.56. The summed E-state index contributed by atoms with van der Waals surface area (Å²) in [5.41, 5.74) is 0.639. The number of amides is 2. The summed E-state index contributed by atoms with van der Waals surface area (Å²) in [5.74, 6) is -4.99. The number of benzene rings is 2. The second-order valence-corrected chi connectivity index (χ2v) is 9.48. The first-order chi connectivity index (χ1) is 19.8. The van der Waals surface area contributed by atoms with Crippen LogP contribution in [-0.2, 0) is 13.0 Å². The molecule has 1 aliphatic carbocycles. The number of rotatable bonds is 8. The van der Waals surface area contributed by atoms with E-state index >= 15 is 0 Å². The summed E-state index contributed by atoms with van der Waals surface area (Å²) in [6.45, 7) is 1.05. The van der Waals surface area contributed by atoms with E-state index in [9.17, 15) is 37.1 Å². The van der Waals surface area contributed by atoms with Gasteiger partial charge < -0.3 is 25.6 Å². The van der Waals surface area contributed by atoms with Gasteiger partial charge in [-0.3, -0.25) is 14.4 Å². The van der Waals surface area contributed by atoms with Crippen molar-refractivity contribution in [1.29, 1.82) is 0 Å². The highest BCUT2D eigenvalue weighted by Gasteiger charge is 2.34. The van der Waals surface area contributed by atoms with Gasteiger partial charge in [0.2, 0.25) is 0 Å². The van der Waals surface area contributed by atoms with Gasteiger partial charge in [0.25, 0.3) is 11.8 Å². The maximum atomic E-state index is 14.5. The van der Waals surface area contributed by atoms with Gasteiger partial charge in [0.15, 0.2) is 28.8 Å². The van der Waals surface area contributed by atoms with Crippen LogP contribution >= 0.6 is 0 Å². The number of carbonyl (C=O) groups excluding carboxylic acids is 3. The SMILES string of the molecule is CC(=O)c1ccc2c(c1)C[C@H](O)[C@@H]2NC(=O)c1cc(C(=O)NCc2ccc(F)c(OC(O)(F)F)c2)nc2c(F)cnn12. The molecule has 0 saturated carbocycles. The van der Waals surface area contributed by atoms with Gasteiger partial charge in [-0.2, -0.15) is 5.10 Å². The standard InChI is InChI=1S/C27H21F4N5O6/c1-12(37)14-3-4-16-15(7-14)8-21(38)23(16)35-26(40)20-9-19(34-24-18(29)11-33-36(20)24)25(39)32-10-13-2-5-17(28)22(6-13)42-27(30,31)41/h2-7,9,11,21,23,38,41H,8,10H2,1H3,(H,32,39)(H,35,40)/t21-,23+/m0/s1. The lowest BCUT2D eigenvalue weighted by Gasteiger charge is -2.18. The van der Waals surface area contributed by atoms with Crippen molar-refractivity contribution in [3.05, 3.63) is 93.9 Å². The first-order valence-electron chi connectivity index (χ1n) is 12.3. The normalized spacial score (nSPS) is 16.3. The van der Waals surface area contributed by atoms with Gasteiger partial charge in [0, 0.05) is 24.6 Å². The number of hydrogen-bond donors (Lipinski definition) is 4. The van der Waals surface area contributed by atoms with Crippen LogP contribution in [0, 0.1) is 11.6 Å². The summed E-state index contributed by atoms with van der Waals surface area (Å²) in [6, 6.07) is 7.76. The largest absolute Gasteiger partial charge is 0.532 e. The third-order valence-corrected chi connectivity index (χ3v) is 6.56. The van der Waals surface area contributed by atoms with E-state index in [2.05, 4.69) is 25.5 Å². The van der Waals surface area contributed by atoms with Crippen molar-refractivity contribution in [3.8, 4) is 5.75 Å². The van der Waals surface area contributed by atoms with Crippen LogP contribution in [0.4, 0.5) is 17.6 Å². The van der Waals surface area contributed by atoms with Crippen molar-refractivity contribution in [2.24, 2.45) is 0 Å². The predicted molar refractivity (Wildman–Crippen MR) is 135 cm³/mol. The molecular weight excluding hydrogens is 566 g/mol. The molecule has 4 aromatic rings. The Balaban J connectivity index is 1.38. The van der Waals surface area contributed by atoms with Crippen molar-refractivity contribution in [3.63, 3.8) is 0 Å². The van der Waals surface area contributed by atoms with Crippen LogP contribution in [0.5, 0.6) is 5.75 Å². The molecule has 0 bridgehead atoms. The van der Waals surface area contributed by atoms with E-state index in [0.29, 0.717) is 16.7 Å². The lowest BCUT2D eigenvalue weighted by atomic mass is 10.0. The van der Waals surface area contributed by atoms with Gasteiger partial charge in [-0.05, 0) is 41.8 Å². The zero-order valence-electron chi connectivity index (χ0n) is 21.6. The minimum Gasteiger partial charge on any atom is -0.406 e. The molecule has 0 saturated heterocycles. The van der Waals surface area contributed by atoms with Gasteiger partial charge >= 0.3 is 6.29 Å². The zero-order chi connectivity index (χ0) is 30.3. The molecule has 2 aromatic heterocycles. The van der Waals surface area contributed by atoms with Crippen LogP contribution in [0.1, 0.15) is 61.0 Å². The number of Topliss-reactive ketones (excluding diaryl/α,β-unsaturated/α-hetero) is 1. The first-order valence-corrected chi connectivity index (χ1v) is 12.3. The Bertz CT molecular complexity index is 1740. The molecule has 2 amide bonds. The Hall–Kier alpha value is -4.89. The molecule has 2 heterocycles. The number of halogens is 4. The third kappa shape index (κ3) is 5.77. The van der Waals surface area contributed by atoms with Crippen LogP contribution in [0.15, 0.2) is 48.7 Å². The number of nitrogens with zero attached hydrogens (tertiary/aromatic N) is 3. The Morgan fingerprint density at radius 3 is 2.57 bits per heavy atom. The number of fused-ring (bicyclic) bond motifs is 2. The number of carbonyl (C=O) groups is 3. The van der Waals surface area contributed by atoms with Crippen molar-refractivity contribution < 1.29 is 46.9 Å². The molecule has 1 aliphatic rings. The van der Waals surface area contributed by atoms with Crippen LogP contribution < -0.4 is 15.4 Å². The molecule has 0 radical (unpaired) electrons. The Labute approximate surface area is 233 Å². The molecular formula is C27H21F4N5O6. The molecule has 0 fully saturated rings. The molecule has 4 N–H and O–H groups in total. The number of aromatic nitrogens is 3. The summed E-state index contributed by atoms with van der Waals surface area (Å²) in [7, 11) is 0. The fourth-order valence-corrected chi connectivity index (χ4v) is 4.60. The van der Waals surface area contributed by atoms with Crippen LogP contribution in [0.25, 0.3) is 5.65 Å². The minimum atomic E-state index is -4.64. The predicted octanol–water partition coefficient (Wildman–Crippen LogP) is 2.45. The van der Waals surface area contributed by atoms with Gasteiger partial charge in [0.05, 0.1) is 18.3 Å². The maximum absolute atomic E-state index is 14.5. The summed E-state index contributed by atoms with van der Waals surface area (Å²) in [6.07, 6.45) is -4.71. The molecule has 2 atom stereocenters. The molecule has 2 aromatic carbocycles. The summed E-state index contributed by atoms with van der Waals surface area (Å²) >= 11 is 0. The zero-order valence-corrected chi connectivity index (χ0v) is 21.6. The summed E-state index contributed by atoms with van der Waals surface area (Å²) in [4.78, 5) is 41.9. The average Bonchev–Trinajstić information content (AvgIpc) is 3.45. The molecule has 42 heavy (non-hydrogen) atoms. The number of ether oxygens (including phenoxy) is 1. The van der Waals surface area contributed by atoms with Crippen molar-refractivity contribution in [2.75, 3.05) is 0 Å². The lowest BCUT2D eigenvalue weighted by molar-refractivity contribution is -0.328. The van der Waals surface area contributed by atoms with Crippen LogP contribution in [0.2, 0.25) is 0 Å². The summed E-state index contributed by atoms with van der Waals surface area (Å²) in [5, 5.41) is 28.0. The van der Waals surface area contributed by atoms with Gasteiger partial charge in [-0.25, -0.2) is 18.3 Å². The number of alkyl halides is 2. The highest BCUT2D eigenvalue weighted by Crippen LogP contribution is 2.33. The molecule has 15 heteroatoms. The van der Waals surface area contributed by atoms with Crippen molar-refractivity contribution in [2.45, 2.75) is 38.3 Å². The fourth-order valence-electron chi connectivity index (χ4n) is 4.60. The second kappa shape index (κ2) is 10.8. The molecule has 0 spiro atoms. The lowest BCUT2D eigenvalue weighted by Crippen LogP contribution is -2.35. The fraction of sp³-hybridized carbons (Fsp3) is 0.222. The number of ketones is 1. The number of hydrogen-bond acceptors (Lipinski definition) is 8. The van der Waals surface area contributed by atoms with Crippen LogP contribution in [0.3, 0.4) is 0 Å². The smallest absolute Gasteiger partial charge is 0.406 e. The van der Waals surface area contributed by atoms with E-state index in [1.807, 2.05) is 0 Å².